The van der Waals surface area contributed by atoms with Gasteiger partial charge in [0.05, 0.1) is 33.9 Å². The fourth-order valence-electron chi connectivity index (χ4n) is 4.64. The number of amides is 1. The van der Waals surface area contributed by atoms with Gasteiger partial charge in [0.25, 0.3) is 5.91 Å². The number of carbonyl (C=O) groups is 2. The first-order valence-electron chi connectivity index (χ1n) is 11.9. The number of carboxylic acid groups (broad SMARTS) is 1. The number of benzene rings is 2. The second kappa shape index (κ2) is 10.5. The zero-order valence-electron chi connectivity index (χ0n) is 21.6. The third-order valence-electron chi connectivity index (χ3n) is 6.56. The van der Waals surface area contributed by atoms with Crippen molar-refractivity contribution in [2.24, 2.45) is 5.41 Å². The topological polar surface area (TPSA) is 104 Å². The highest BCUT2D eigenvalue weighted by Gasteiger charge is 2.44. The van der Waals surface area contributed by atoms with Crippen LogP contribution in [0.4, 0.5) is 5.69 Å². The maximum atomic E-state index is 13.9. The van der Waals surface area contributed by atoms with E-state index in [2.05, 4.69) is 0 Å². The van der Waals surface area contributed by atoms with E-state index in [0.29, 0.717) is 46.5 Å². The molecule has 0 radical (unpaired) electrons. The van der Waals surface area contributed by atoms with E-state index in [0.717, 1.165) is 0 Å². The molecule has 0 bridgehead atoms. The molecule has 0 saturated carbocycles. The average molecular weight is 534 g/mol. The second-order valence-corrected chi connectivity index (χ2v) is 10.5. The monoisotopic (exact) mass is 533 g/mol. The largest absolute Gasteiger partial charge is 0.493 e. The van der Waals surface area contributed by atoms with Crippen molar-refractivity contribution < 1.29 is 38.4 Å². The van der Waals surface area contributed by atoms with Gasteiger partial charge in [-0.25, -0.2) is 0 Å². The minimum Gasteiger partial charge on any atom is -0.493 e. The fourth-order valence-corrected chi connectivity index (χ4v) is 4.82. The average Bonchev–Trinajstić information content (AvgIpc) is 2.95. The first-order valence-corrected chi connectivity index (χ1v) is 12.3. The summed E-state index contributed by atoms with van der Waals surface area (Å²) in [6, 6.07) is 10.5. The van der Waals surface area contributed by atoms with Crippen LogP contribution in [0.5, 0.6) is 11.5 Å². The Morgan fingerprint density at radius 1 is 1.11 bits per heavy atom. The van der Waals surface area contributed by atoms with Gasteiger partial charge in [0, 0.05) is 33.8 Å². The van der Waals surface area contributed by atoms with Crippen LogP contribution < -0.4 is 14.4 Å². The highest BCUT2D eigenvalue weighted by molar-refractivity contribution is 6.30. The lowest BCUT2D eigenvalue weighted by atomic mass is 9.89. The highest BCUT2D eigenvalue weighted by Crippen LogP contribution is 2.46. The van der Waals surface area contributed by atoms with Crippen molar-refractivity contribution in [3.05, 3.63) is 52.5 Å². The highest BCUT2D eigenvalue weighted by atomic mass is 35.5. The van der Waals surface area contributed by atoms with E-state index in [4.69, 9.17) is 35.3 Å². The Labute approximate surface area is 221 Å². The molecule has 37 heavy (non-hydrogen) atoms. The van der Waals surface area contributed by atoms with Crippen molar-refractivity contribution in [2.45, 2.75) is 45.2 Å². The van der Waals surface area contributed by atoms with Gasteiger partial charge in [-0.3, -0.25) is 9.59 Å². The van der Waals surface area contributed by atoms with Gasteiger partial charge in [0.2, 0.25) is 0 Å². The number of hydrogen-bond donors (Lipinski definition) is 1. The van der Waals surface area contributed by atoms with Crippen LogP contribution in [0.2, 0.25) is 5.02 Å². The summed E-state index contributed by atoms with van der Waals surface area (Å²) in [7, 11) is 3.03. The summed E-state index contributed by atoms with van der Waals surface area (Å²) >= 11 is 6.42. The lowest BCUT2D eigenvalue weighted by Gasteiger charge is -2.43. The van der Waals surface area contributed by atoms with Crippen molar-refractivity contribution in [3.63, 3.8) is 0 Å². The number of carbonyl (C=O) groups excluding carboxylic acids is 1. The molecule has 4 rings (SSSR count). The van der Waals surface area contributed by atoms with Gasteiger partial charge in [0.1, 0.15) is 12.2 Å². The van der Waals surface area contributed by atoms with Crippen LogP contribution in [-0.2, 0) is 23.8 Å². The molecule has 1 amide bonds. The SMILES string of the molecule is COc1cccc([C@H]2O[C@H](CC(=O)O)C(=O)N(CC3(C)COC(C)(C)OC3)c3ccc(Cl)cc32)c1OC. The summed E-state index contributed by atoms with van der Waals surface area (Å²) < 4.78 is 29.2. The van der Waals surface area contributed by atoms with Gasteiger partial charge < -0.3 is 33.7 Å². The van der Waals surface area contributed by atoms with E-state index in [-0.39, 0.29) is 6.54 Å². The van der Waals surface area contributed by atoms with Crippen LogP contribution in [-0.4, -0.2) is 62.9 Å². The molecular weight excluding hydrogens is 502 g/mol. The Kier molecular flexibility index (Phi) is 7.71. The van der Waals surface area contributed by atoms with E-state index in [1.165, 1.54) is 14.2 Å². The van der Waals surface area contributed by atoms with E-state index in [1.54, 1.807) is 41.3 Å². The molecular formula is C27H32ClNO8. The van der Waals surface area contributed by atoms with Gasteiger partial charge in [-0.1, -0.05) is 30.7 Å². The molecule has 1 saturated heterocycles. The third-order valence-corrected chi connectivity index (χ3v) is 6.79. The molecule has 2 aliphatic rings. The molecule has 10 heteroatoms. The Hall–Kier alpha value is -2.85. The number of anilines is 1. The number of para-hydroxylation sites is 1. The molecule has 0 aliphatic carbocycles. The van der Waals surface area contributed by atoms with E-state index >= 15 is 0 Å². The lowest BCUT2D eigenvalue weighted by Crippen LogP contribution is -2.53. The zero-order valence-corrected chi connectivity index (χ0v) is 22.3. The van der Waals surface area contributed by atoms with Crippen molar-refractivity contribution in [2.75, 3.05) is 38.9 Å². The summed E-state index contributed by atoms with van der Waals surface area (Å²) in [6.45, 7) is 6.56. The van der Waals surface area contributed by atoms with Gasteiger partial charge in [0.15, 0.2) is 17.3 Å². The second-order valence-electron chi connectivity index (χ2n) is 10.1. The number of halogens is 1. The minimum absolute atomic E-state index is 0.220. The molecule has 9 nitrogen and oxygen atoms in total. The van der Waals surface area contributed by atoms with Crippen LogP contribution in [0.1, 0.15) is 44.4 Å². The van der Waals surface area contributed by atoms with Crippen LogP contribution in [0.25, 0.3) is 0 Å². The number of fused-ring (bicyclic) bond motifs is 1. The molecule has 2 heterocycles. The van der Waals surface area contributed by atoms with E-state index in [9.17, 15) is 14.7 Å². The molecule has 1 fully saturated rings. The number of methoxy groups -OCH3 is 2. The van der Waals surface area contributed by atoms with Crippen molar-refractivity contribution in [1.82, 2.24) is 0 Å². The third kappa shape index (κ3) is 5.70. The first kappa shape index (κ1) is 27.2. The van der Waals surface area contributed by atoms with Crippen LogP contribution in [0.15, 0.2) is 36.4 Å². The van der Waals surface area contributed by atoms with Crippen LogP contribution >= 0.6 is 11.6 Å². The summed E-state index contributed by atoms with van der Waals surface area (Å²) in [4.78, 5) is 27.3. The van der Waals surface area contributed by atoms with Gasteiger partial charge >= 0.3 is 5.97 Å². The quantitative estimate of drug-likeness (QED) is 0.557. The zero-order chi connectivity index (χ0) is 27.0. The molecule has 2 aromatic rings. The summed E-state index contributed by atoms with van der Waals surface area (Å²) in [5, 5.41) is 10.1. The van der Waals surface area contributed by atoms with Crippen LogP contribution in [0.3, 0.4) is 0 Å². The van der Waals surface area contributed by atoms with E-state index in [1.807, 2.05) is 20.8 Å². The van der Waals surface area contributed by atoms with E-state index < -0.39 is 41.7 Å². The Balaban J connectivity index is 1.85. The first-order chi connectivity index (χ1) is 17.5. The Morgan fingerprint density at radius 2 is 1.81 bits per heavy atom. The molecule has 0 unspecified atom stereocenters. The summed E-state index contributed by atoms with van der Waals surface area (Å²) in [5.41, 5.74) is 1.18. The van der Waals surface area contributed by atoms with Gasteiger partial charge in [-0.2, -0.15) is 0 Å². The summed E-state index contributed by atoms with van der Waals surface area (Å²) in [6.07, 6.45) is -2.64. The molecule has 2 aromatic carbocycles. The standard InChI is InChI=1S/C27H32ClNO8/c1-26(2)35-14-27(3,15-36-26)13-29-19-10-9-16(28)11-18(19)23(37-21(25(29)32)12-22(30)31)17-7-6-8-20(33-4)24(17)34-5/h6-11,21,23H,12-15H2,1-5H3,(H,30,31)/t21-,23-/m1/s1. The fraction of sp³-hybridized carbons (Fsp3) is 0.481. The maximum absolute atomic E-state index is 13.9. The van der Waals surface area contributed by atoms with Crippen LogP contribution in [0, 0.1) is 5.41 Å². The normalized spacial score (nSPS) is 22.6. The van der Waals surface area contributed by atoms with Crippen molar-refractivity contribution in [1.29, 1.82) is 0 Å². The van der Waals surface area contributed by atoms with Crippen molar-refractivity contribution >= 4 is 29.2 Å². The van der Waals surface area contributed by atoms with Gasteiger partial charge in [-0.05, 0) is 38.1 Å². The number of carboxylic acids is 1. The molecule has 1 N–H and O–H groups in total. The molecule has 2 aliphatic heterocycles. The number of nitrogens with zero attached hydrogens (tertiary/aromatic N) is 1. The smallest absolute Gasteiger partial charge is 0.306 e. The number of rotatable bonds is 7. The van der Waals surface area contributed by atoms with Crippen molar-refractivity contribution in [3.8, 4) is 11.5 Å². The molecule has 2 atom stereocenters. The lowest BCUT2D eigenvalue weighted by molar-refractivity contribution is -0.280. The predicted molar refractivity (Wildman–Crippen MR) is 136 cm³/mol. The number of ether oxygens (including phenoxy) is 5. The number of aliphatic carboxylic acids is 1. The minimum atomic E-state index is -1.27. The summed E-state index contributed by atoms with van der Waals surface area (Å²) in [5.74, 6) is -1.46. The predicted octanol–water partition coefficient (Wildman–Crippen LogP) is 4.44. The molecule has 200 valence electrons. The number of hydrogen-bond acceptors (Lipinski definition) is 7. The molecule has 0 spiro atoms. The Morgan fingerprint density at radius 3 is 2.43 bits per heavy atom. The Bertz CT molecular complexity index is 1170. The molecule has 0 aromatic heterocycles. The maximum Gasteiger partial charge on any atom is 0.306 e. The van der Waals surface area contributed by atoms with Gasteiger partial charge in [-0.15, -0.1) is 0 Å².